The summed E-state index contributed by atoms with van der Waals surface area (Å²) in [5.74, 6) is 0.00167. The number of hydrogen-bond donors (Lipinski definition) is 1. The number of hydrogen-bond acceptors (Lipinski definition) is 4. The maximum atomic E-state index is 11.6. The zero-order valence-corrected chi connectivity index (χ0v) is 13.1. The normalized spacial score (nSPS) is 19.4. The fourth-order valence-electron chi connectivity index (χ4n) is 3.35. The van der Waals surface area contributed by atoms with Crippen molar-refractivity contribution in [1.82, 2.24) is 9.88 Å². The number of rotatable bonds is 5. The first-order valence-electron chi connectivity index (χ1n) is 7.73. The van der Waals surface area contributed by atoms with Crippen molar-refractivity contribution in [2.24, 2.45) is 0 Å². The van der Waals surface area contributed by atoms with E-state index in [2.05, 4.69) is 9.88 Å². The first-order chi connectivity index (χ1) is 11.2. The monoisotopic (exact) mass is 312 g/mol. The van der Waals surface area contributed by atoms with Crippen LogP contribution >= 0.6 is 0 Å². The van der Waals surface area contributed by atoms with Crippen molar-refractivity contribution in [2.45, 2.75) is 24.9 Å². The first-order valence-corrected chi connectivity index (χ1v) is 7.73. The molecule has 120 valence electrons. The Morgan fingerprint density at radius 1 is 1.30 bits per heavy atom. The largest absolute Gasteiger partial charge is 0.496 e. The standard InChI is InChI=1S/C18H20N2O3/c1-23-16-7-3-2-5-14(16)17(13-8-10-19-11-9-13)20-12-4-6-15(20)18(21)22/h2-3,5,7-11,15,17H,4,6,12H2,1H3,(H,21,22). The summed E-state index contributed by atoms with van der Waals surface area (Å²) < 4.78 is 5.51. The number of methoxy groups -OCH3 is 1. The van der Waals surface area contributed by atoms with Gasteiger partial charge in [-0.15, -0.1) is 0 Å². The highest BCUT2D eigenvalue weighted by Gasteiger charge is 2.37. The maximum absolute atomic E-state index is 11.6. The van der Waals surface area contributed by atoms with Crippen molar-refractivity contribution in [3.63, 3.8) is 0 Å². The molecule has 0 saturated carbocycles. The van der Waals surface area contributed by atoms with Crippen LogP contribution in [-0.2, 0) is 4.79 Å². The maximum Gasteiger partial charge on any atom is 0.320 e. The van der Waals surface area contributed by atoms with Gasteiger partial charge in [0.1, 0.15) is 11.8 Å². The zero-order chi connectivity index (χ0) is 16.2. The number of para-hydroxylation sites is 1. The van der Waals surface area contributed by atoms with Crippen molar-refractivity contribution in [3.05, 3.63) is 59.9 Å². The molecule has 0 aliphatic carbocycles. The molecular weight excluding hydrogens is 292 g/mol. The minimum atomic E-state index is -0.767. The predicted octanol–water partition coefficient (Wildman–Crippen LogP) is 2.73. The first kappa shape index (κ1) is 15.5. The number of carbonyl (C=O) groups is 1. The number of likely N-dealkylation sites (tertiary alicyclic amines) is 1. The molecule has 2 aromatic rings. The molecule has 1 N–H and O–H groups in total. The van der Waals surface area contributed by atoms with E-state index < -0.39 is 12.0 Å². The number of benzene rings is 1. The molecule has 23 heavy (non-hydrogen) atoms. The lowest BCUT2D eigenvalue weighted by molar-refractivity contribution is -0.142. The van der Waals surface area contributed by atoms with Crippen LogP contribution in [-0.4, -0.2) is 40.7 Å². The van der Waals surface area contributed by atoms with Gasteiger partial charge in [-0.3, -0.25) is 14.7 Å². The van der Waals surface area contributed by atoms with Crippen LogP contribution in [0.15, 0.2) is 48.8 Å². The van der Waals surface area contributed by atoms with E-state index in [-0.39, 0.29) is 6.04 Å². The lowest BCUT2D eigenvalue weighted by atomic mass is 9.96. The van der Waals surface area contributed by atoms with E-state index in [0.717, 1.165) is 29.8 Å². The van der Waals surface area contributed by atoms with Gasteiger partial charge in [-0.05, 0) is 36.6 Å². The van der Waals surface area contributed by atoms with Gasteiger partial charge in [0, 0.05) is 24.5 Å². The van der Waals surface area contributed by atoms with Crippen LogP contribution in [0.4, 0.5) is 0 Å². The highest BCUT2D eigenvalue weighted by Crippen LogP contribution is 2.38. The molecule has 1 aliphatic rings. The molecule has 1 aromatic carbocycles. The summed E-state index contributed by atoms with van der Waals surface area (Å²) in [7, 11) is 1.64. The van der Waals surface area contributed by atoms with Gasteiger partial charge >= 0.3 is 5.97 Å². The van der Waals surface area contributed by atoms with E-state index in [1.807, 2.05) is 36.4 Å². The molecular formula is C18H20N2O3. The molecule has 2 atom stereocenters. The summed E-state index contributed by atoms with van der Waals surface area (Å²) in [4.78, 5) is 17.8. The van der Waals surface area contributed by atoms with Gasteiger partial charge in [0.05, 0.1) is 13.2 Å². The van der Waals surface area contributed by atoms with Gasteiger partial charge in [-0.1, -0.05) is 18.2 Å². The van der Waals surface area contributed by atoms with Crippen LogP contribution in [0.25, 0.3) is 0 Å². The zero-order valence-electron chi connectivity index (χ0n) is 13.1. The molecule has 5 nitrogen and oxygen atoms in total. The highest BCUT2D eigenvalue weighted by atomic mass is 16.5. The van der Waals surface area contributed by atoms with Gasteiger partial charge in [-0.25, -0.2) is 0 Å². The number of carboxylic acids is 1. The Hall–Kier alpha value is -2.40. The lowest BCUT2D eigenvalue weighted by Crippen LogP contribution is -2.39. The Bertz CT molecular complexity index is 675. The fraction of sp³-hybridized carbons (Fsp3) is 0.333. The second-order valence-corrected chi connectivity index (χ2v) is 5.66. The van der Waals surface area contributed by atoms with Crippen molar-refractivity contribution in [1.29, 1.82) is 0 Å². The molecule has 1 saturated heterocycles. The van der Waals surface area contributed by atoms with E-state index >= 15 is 0 Å². The quantitative estimate of drug-likeness (QED) is 0.920. The summed E-state index contributed by atoms with van der Waals surface area (Å²) in [5.41, 5.74) is 2.01. The van der Waals surface area contributed by atoms with Crippen LogP contribution in [0.1, 0.15) is 30.0 Å². The summed E-state index contributed by atoms with van der Waals surface area (Å²) in [6, 6.07) is 11.0. The molecule has 0 spiro atoms. The van der Waals surface area contributed by atoms with Crippen LogP contribution in [0.3, 0.4) is 0 Å². The van der Waals surface area contributed by atoms with Crippen LogP contribution in [0.2, 0.25) is 0 Å². The third-order valence-corrected chi connectivity index (χ3v) is 4.37. The molecule has 1 aliphatic heterocycles. The van der Waals surface area contributed by atoms with Crippen LogP contribution < -0.4 is 4.74 Å². The van der Waals surface area contributed by atoms with Crippen molar-refractivity contribution in [3.8, 4) is 5.75 Å². The van der Waals surface area contributed by atoms with E-state index in [1.165, 1.54) is 0 Å². The summed E-state index contributed by atoms with van der Waals surface area (Å²) >= 11 is 0. The molecule has 0 bridgehead atoms. The second kappa shape index (κ2) is 6.79. The Morgan fingerprint density at radius 2 is 2.04 bits per heavy atom. The van der Waals surface area contributed by atoms with Crippen molar-refractivity contribution in [2.75, 3.05) is 13.7 Å². The molecule has 1 aromatic heterocycles. The molecule has 1 fully saturated rings. The summed E-state index contributed by atoms with van der Waals surface area (Å²) in [5, 5.41) is 9.57. The SMILES string of the molecule is COc1ccccc1C(c1ccncc1)N1CCCC1C(=O)O. The Balaban J connectivity index is 2.09. The van der Waals surface area contributed by atoms with E-state index in [1.54, 1.807) is 19.5 Å². The summed E-state index contributed by atoms with van der Waals surface area (Å²) in [6.45, 7) is 0.752. The molecule has 0 radical (unpaired) electrons. The van der Waals surface area contributed by atoms with Crippen LogP contribution in [0, 0.1) is 0 Å². The van der Waals surface area contributed by atoms with Crippen LogP contribution in [0.5, 0.6) is 5.75 Å². The third kappa shape index (κ3) is 3.05. The smallest absolute Gasteiger partial charge is 0.320 e. The topological polar surface area (TPSA) is 62.7 Å². The predicted molar refractivity (Wildman–Crippen MR) is 86.4 cm³/mol. The summed E-state index contributed by atoms with van der Waals surface area (Å²) in [6.07, 6.45) is 5.03. The van der Waals surface area contributed by atoms with Crippen molar-refractivity contribution >= 4 is 5.97 Å². The minimum absolute atomic E-state index is 0.155. The minimum Gasteiger partial charge on any atom is -0.496 e. The highest BCUT2D eigenvalue weighted by molar-refractivity contribution is 5.74. The number of aliphatic carboxylic acids is 1. The average Bonchev–Trinajstić information content (AvgIpc) is 3.06. The molecule has 2 heterocycles. The van der Waals surface area contributed by atoms with Gasteiger partial charge in [0.15, 0.2) is 0 Å². The molecule has 0 amide bonds. The van der Waals surface area contributed by atoms with Gasteiger partial charge in [-0.2, -0.15) is 0 Å². The van der Waals surface area contributed by atoms with E-state index in [9.17, 15) is 9.90 Å². The number of carboxylic acid groups (broad SMARTS) is 1. The van der Waals surface area contributed by atoms with E-state index in [4.69, 9.17) is 4.74 Å². The number of nitrogens with zero attached hydrogens (tertiary/aromatic N) is 2. The van der Waals surface area contributed by atoms with Gasteiger partial charge < -0.3 is 9.84 Å². The molecule has 5 heteroatoms. The van der Waals surface area contributed by atoms with Crippen molar-refractivity contribution < 1.29 is 14.6 Å². The number of ether oxygens (including phenoxy) is 1. The molecule has 3 rings (SSSR count). The van der Waals surface area contributed by atoms with Gasteiger partial charge in [0.2, 0.25) is 0 Å². The lowest BCUT2D eigenvalue weighted by Gasteiger charge is -2.32. The van der Waals surface area contributed by atoms with E-state index in [0.29, 0.717) is 6.42 Å². The Morgan fingerprint density at radius 3 is 2.74 bits per heavy atom. The van der Waals surface area contributed by atoms with Gasteiger partial charge in [0.25, 0.3) is 0 Å². The Kier molecular flexibility index (Phi) is 4.57. The third-order valence-electron chi connectivity index (χ3n) is 4.37. The average molecular weight is 312 g/mol. The second-order valence-electron chi connectivity index (χ2n) is 5.66. The number of pyridine rings is 1. The fourth-order valence-corrected chi connectivity index (χ4v) is 3.35. The number of aromatic nitrogens is 1. The molecule has 2 unspecified atom stereocenters. The Labute approximate surface area is 135 Å².